The Morgan fingerprint density at radius 1 is 0.432 bits per heavy atom. The van der Waals surface area contributed by atoms with Crippen LogP contribution in [0.3, 0.4) is 0 Å². The Balaban J connectivity index is 1.57. The van der Waals surface area contributed by atoms with Gasteiger partial charge in [0.15, 0.2) is 37.2 Å². The van der Waals surface area contributed by atoms with Gasteiger partial charge in [0.2, 0.25) is 0 Å². The number of nitrogens with one attached hydrogen (secondary N) is 3. The van der Waals surface area contributed by atoms with E-state index in [1.807, 2.05) is 13.2 Å². The summed E-state index contributed by atoms with van der Waals surface area (Å²) in [5.41, 5.74) is 14.4. The summed E-state index contributed by atoms with van der Waals surface area (Å²) in [6.45, 7) is 0. The maximum Gasteiger partial charge on any atom is 0.176 e. The Hall–Kier alpha value is -5.82. The molecule has 0 spiro atoms. The number of aryl methyl sites for hydroxylation is 3. The van der Waals surface area contributed by atoms with Crippen LogP contribution < -0.4 is 13.7 Å². The zero-order chi connectivity index (χ0) is 29.8. The van der Waals surface area contributed by atoms with Gasteiger partial charge in [0.25, 0.3) is 0 Å². The van der Waals surface area contributed by atoms with E-state index in [9.17, 15) is 0 Å². The first-order valence-electron chi connectivity index (χ1n) is 14.7. The molecule has 7 aromatic rings. The molecule has 0 saturated carbocycles. The number of fused-ring (bicyclic) bond motifs is 9. The van der Waals surface area contributed by atoms with E-state index in [0.29, 0.717) is 0 Å². The van der Waals surface area contributed by atoms with Crippen LogP contribution >= 0.6 is 0 Å². The molecule has 0 unspecified atom stereocenters. The van der Waals surface area contributed by atoms with E-state index in [2.05, 4.69) is 159 Å². The third-order valence-electron chi connectivity index (χ3n) is 8.26. The molecule has 8 heterocycles. The highest BCUT2D eigenvalue weighted by atomic mass is 14.9. The highest BCUT2D eigenvalue weighted by Gasteiger charge is 2.18. The highest BCUT2D eigenvalue weighted by molar-refractivity contribution is 5.99. The van der Waals surface area contributed by atoms with Crippen LogP contribution in [0.5, 0.6) is 0 Å². The first kappa shape index (κ1) is 25.9. The second kappa shape index (κ2) is 10.2. The third kappa shape index (κ3) is 4.46. The molecule has 7 nitrogen and oxygen atoms in total. The van der Waals surface area contributed by atoms with Gasteiger partial charge in [0.1, 0.15) is 21.1 Å². The van der Waals surface area contributed by atoms with Gasteiger partial charge in [-0.15, -0.1) is 0 Å². The van der Waals surface area contributed by atoms with Crippen molar-refractivity contribution in [2.24, 2.45) is 21.1 Å². The lowest BCUT2D eigenvalue weighted by atomic mass is 10.1. The molecule has 7 heteroatoms. The number of nitrogens with zero attached hydrogens (tertiary/aromatic N) is 4. The van der Waals surface area contributed by atoms with Crippen molar-refractivity contribution in [1.29, 1.82) is 0 Å². The fraction of sp³-hybridized carbons (Fsp3) is 0.0811. The summed E-state index contributed by atoms with van der Waals surface area (Å²) in [5, 5.41) is 0. The minimum absolute atomic E-state index is 0.910. The van der Waals surface area contributed by atoms with Crippen LogP contribution in [0.4, 0.5) is 0 Å². The lowest BCUT2D eigenvalue weighted by Crippen LogP contribution is -2.26. The van der Waals surface area contributed by atoms with Crippen molar-refractivity contribution in [3.8, 4) is 33.4 Å². The summed E-state index contributed by atoms with van der Waals surface area (Å²) in [7, 11) is 6.15. The van der Waals surface area contributed by atoms with Gasteiger partial charge in [-0.1, -0.05) is 0 Å². The molecular formula is C37H32N7+3. The summed E-state index contributed by atoms with van der Waals surface area (Å²) < 4.78 is 6.24. The molecule has 0 saturated heterocycles. The van der Waals surface area contributed by atoms with Crippen LogP contribution in [-0.2, 0) is 21.1 Å². The van der Waals surface area contributed by atoms with Crippen molar-refractivity contribution in [2.75, 3.05) is 0 Å². The van der Waals surface area contributed by atoms with Crippen LogP contribution in [0.15, 0.2) is 110 Å². The first-order valence-corrected chi connectivity index (χ1v) is 14.7. The molecule has 212 valence electrons. The van der Waals surface area contributed by atoms with E-state index in [4.69, 9.17) is 4.98 Å². The fourth-order valence-corrected chi connectivity index (χ4v) is 6.27. The number of hydrogen-bond acceptors (Lipinski definition) is 1. The Kier molecular flexibility index (Phi) is 5.98. The van der Waals surface area contributed by atoms with Crippen LogP contribution in [0.25, 0.3) is 78.6 Å². The zero-order valence-corrected chi connectivity index (χ0v) is 24.8. The van der Waals surface area contributed by atoms with E-state index in [0.717, 1.165) is 77.9 Å². The van der Waals surface area contributed by atoms with Gasteiger partial charge in [-0.2, -0.15) is 0 Å². The molecule has 0 aliphatic carbocycles. The Labute approximate surface area is 254 Å². The number of rotatable bonds is 3. The van der Waals surface area contributed by atoms with E-state index in [1.54, 1.807) is 0 Å². The molecule has 8 bridgehead atoms. The summed E-state index contributed by atoms with van der Waals surface area (Å²) in [5.74, 6) is 0. The van der Waals surface area contributed by atoms with Crippen molar-refractivity contribution in [1.82, 2.24) is 19.9 Å². The summed E-state index contributed by atoms with van der Waals surface area (Å²) >= 11 is 0. The number of aromatic amines is 3. The molecule has 1 aliphatic rings. The standard InChI is InChI=1S/C37H32N7/c1-42-18-4-7-24(21-42)35-29-12-10-27(38-29)28-11-13-30(39-28)36(25-8-5-19-43(2)22-25)32-15-17-34(41-32)37(33-16-14-31(35)40-33)26-9-6-20-44(3)23-26/h4-23,38-40H,1-3H3/q+3. The maximum atomic E-state index is 5.31. The van der Waals surface area contributed by atoms with Gasteiger partial charge in [-0.05, 0) is 66.7 Å². The highest BCUT2D eigenvalue weighted by Crippen LogP contribution is 2.35. The molecule has 1 aliphatic heterocycles. The largest absolute Gasteiger partial charge is 0.354 e. The Morgan fingerprint density at radius 2 is 0.773 bits per heavy atom. The molecule has 8 rings (SSSR count). The lowest BCUT2D eigenvalue weighted by molar-refractivity contribution is -0.671. The molecule has 7 aromatic heterocycles. The molecule has 0 aromatic carbocycles. The van der Waals surface area contributed by atoms with Crippen molar-refractivity contribution in [3.05, 3.63) is 121 Å². The Morgan fingerprint density at radius 3 is 1.18 bits per heavy atom. The van der Waals surface area contributed by atoms with Crippen molar-refractivity contribution < 1.29 is 13.7 Å². The van der Waals surface area contributed by atoms with E-state index < -0.39 is 0 Å². The monoisotopic (exact) mass is 574 g/mol. The number of pyridine rings is 3. The average Bonchev–Trinajstić information content (AvgIpc) is 3.83. The normalized spacial score (nSPS) is 11.9. The smallest absolute Gasteiger partial charge is 0.176 e. The summed E-state index contributed by atoms with van der Waals surface area (Å²) in [6, 6.07) is 25.6. The summed E-state index contributed by atoms with van der Waals surface area (Å²) in [6.07, 6.45) is 16.9. The lowest BCUT2D eigenvalue weighted by Gasteiger charge is -2.04. The van der Waals surface area contributed by atoms with Crippen LogP contribution in [0.1, 0.15) is 11.4 Å². The second-order valence-corrected chi connectivity index (χ2v) is 11.5. The second-order valence-electron chi connectivity index (χ2n) is 11.5. The molecule has 0 fully saturated rings. The molecule has 3 N–H and O–H groups in total. The average molecular weight is 575 g/mol. The third-order valence-corrected chi connectivity index (χ3v) is 8.26. The molecule has 0 amide bonds. The van der Waals surface area contributed by atoms with Crippen LogP contribution in [-0.4, -0.2) is 19.9 Å². The maximum absolute atomic E-state index is 5.31. The fourth-order valence-electron chi connectivity index (χ4n) is 6.27. The molecule has 0 atom stereocenters. The molecule has 44 heavy (non-hydrogen) atoms. The van der Waals surface area contributed by atoms with Gasteiger partial charge in [-0.25, -0.2) is 18.7 Å². The predicted molar refractivity (Wildman–Crippen MR) is 175 cm³/mol. The predicted octanol–water partition coefficient (Wildman–Crippen LogP) is 6.17. The van der Waals surface area contributed by atoms with Gasteiger partial charge in [-0.3, -0.25) is 0 Å². The minimum atomic E-state index is 0.910. The van der Waals surface area contributed by atoms with Crippen molar-refractivity contribution >= 4 is 45.3 Å². The number of hydrogen-bond donors (Lipinski definition) is 3. The van der Waals surface area contributed by atoms with Crippen LogP contribution in [0.2, 0.25) is 0 Å². The number of H-pyrrole nitrogens is 3. The van der Waals surface area contributed by atoms with Gasteiger partial charge >= 0.3 is 0 Å². The molecule has 0 radical (unpaired) electrons. The first-order chi connectivity index (χ1) is 21.5. The van der Waals surface area contributed by atoms with E-state index in [1.165, 1.54) is 0 Å². The van der Waals surface area contributed by atoms with Gasteiger partial charge in [0, 0.05) is 73.6 Å². The molecular weight excluding hydrogens is 542 g/mol. The quantitative estimate of drug-likeness (QED) is 0.217. The van der Waals surface area contributed by atoms with Gasteiger partial charge < -0.3 is 15.0 Å². The van der Waals surface area contributed by atoms with Gasteiger partial charge in [0.05, 0.1) is 22.4 Å². The van der Waals surface area contributed by atoms with Crippen molar-refractivity contribution in [2.45, 2.75) is 0 Å². The SMILES string of the molecule is C[n+]1cccc(-c2c3nc(c(-c4ccc[n+](C)c4)c4ccc([nH]4)c4ccc([nH]4)c(-c4ccc[n+](C)c4)c4ccc2[nH]4)C=C3)c1. The Bertz CT molecular complexity index is 2390. The minimum Gasteiger partial charge on any atom is -0.354 e. The van der Waals surface area contributed by atoms with Crippen molar-refractivity contribution in [3.63, 3.8) is 0 Å². The zero-order valence-electron chi connectivity index (χ0n) is 24.8. The summed E-state index contributed by atoms with van der Waals surface area (Å²) in [4.78, 5) is 16.5. The van der Waals surface area contributed by atoms with Crippen LogP contribution in [0, 0.1) is 0 Å². The topological polar surface area (TPSA) is 71.9 Å². The van der Waals surface area contributed by atoms with E-state index in [-0.39, 0.29) is 0 Å². The van der Waals surface area contributed by atoms with E-state index >= 15 is 0 Å². The number of aromatic nitrogens is 7.